The summed E-state index contributed by atoms with van der Waals surface area (Å²) < 4.78 is 54.6. The quantitative estimate of drug-likeness (QED) is 0.524. The van der Waals surface area contributed by atoms with Gasteiger partial charge in [-0.3, -0.25) is 14.2 Å². The number of carbonyl (C=O) groups is 1. The highest BCUT2D eigenvalue weighted by Gasteiger charge is 2.31. The van der Waals surface area contributed by atoms with E-state index in [4.69, 9.17) is 0 Å². The molecule has 0 spiro atoms. The average molecular weight is 513 g/mol. The van der Waals surface area contributed by atoms with Gasteiger partial charge >= 0.3 is 6.18 Å². The van der Waals surface area contributed by atoms with Crippen molar-refractivity contribution in [3.05, 3.63) is 86.2 Å². The van der Waals surface area contributed by atoms with Crippen LogP contribution in [0.2, 0.25) is 0 Å². The van der Waals surface area contributed by atoms with E-state index in [1.165, 1.54) is 32.2 Å². The number of nitrogens with zero attached hydrogens (tertiary/aromatic N) is 1. The summed E-state index contributed by atoms with van der Waals surface area (Å²) in [7, 11) is 1.32. The molecule has 0 aliphatic heterocycles. The van der Waals surface area contributed by atoms with Crippen LogP contribution in [0.1, 0.15) is 21.6 Å². The van der Waals surface area contributed by atoms with E-state index in [1.807, 2.05) is 0 Å². The Labute approximate surface area is 187 Å². The van der Waals surface area contributed by atoms with E-state index >= 15 is 0 Å². The van der Waals surface area contributed by atoms with Crippen LogP contribution in [-0.4, -0.2) is 22.1 Å². The van der Waals surface area contributed by atoms with Crippen molar-refractivity contribution >= 4 is 33.0 Å². The van der Waals surface area contributed by atoms with Gasteiger partial charge in [0.25, 0.3) is 11.5 Å². The van der Waals surface area contributed by atoms with Crippen LogP contribution >= 0.6 is 15.9 Å². The third-order valence-corrected chi connectivity index (χ3v) is 6.57. The second-order valence-electron chi connectivity index (χ2n) is 6.50. The lowest BCUT2D eigenvalue weighted by Crippen LogP contribution is -2.33. The number of aromatic nitrogens is 1. The van der Waals surface area contributed by atoms with E-state index in [0.717, 1.165) is 21.2 Å². The van der Waals surface area contributed by atoms with Crippen molar-refractivity contribution in [3.63, 3.8) is 0 Å². The number of hydrogen-bond donors (Lipinski definition) is 1. The number of halogens is 4. The van der Waals surface area contributed by atoms with E-state index in [0.29, 0.717) is 4.90 Å². The number of carbonyl (C=O) groups excluding carboxylic acids is 1. The molecule has 3 aromatic rings. The molecule has 1 unspecified atom stereocenters. The fourth-order valence-electron chi connectivity index (χ4n) is 2.98. The van der Waals surface area contributed by atoms with Crippen LogP contribution in [0.3, 0.4) is 0 Å². The molecule has 1 amide bonds. The van der Waals surface area contributed by atoms with Crippen LogP contribution in [0.15, 0.2) is 73.7 Å². The Bertz CT molecular complexity index is 1190. The Morgan fingerprint density at radius 1 is 1.13 bits per heavy atom. The van der Waals surface area contributed by atoms with E-state index < -0.39 is 34.4 Å². The summed E-state index contributed by atoms with van der Waals surface area (Å²) in [5.41, 5.74) is -2.01. The minimum Gasteiger partial charge on any atom is -0.606 e. The van der Waals surface area contributed by atoms with Crippen LogP contribution in [0.25, 0.3) is 5.69 Å². The third-order valence-electron chi connectivity index (χ3n) is 4.53. The monoisotopic (exact) mass is 512 g/mol. The maximum absolute atomic E-state index is 13.2. The molecule has 0 saturated carbocycles. The molecule has 0 aliphatic carbocycles. The van der Waals surface area contributed by atoms with Crippen LogP contribution in [0.4, 0.5) is 13.2 Å². The predicted molar refractivity (Wildman–Crippen MR) is 114 cm³/mol. The highest BCUT2D eigenvalue weighted by molar-refractivity contribution is 9.10. The Morgan fingerprint density at radius 2 is 1.77 bits per heavy atom. The van der Waals surface area contributed by atoms with Gasteiger partial charge < -0.3 is 9.87 Å². The highest BCUT2D eigenvalue weighted by Crippen LogP contribution is 2.31. The molecule has 1 N–H and O–H groups in total. The van der Waals surface area contributed by atoms with Crippen molar-refractivity contribution in [3.8, 4) is 5.69 Å². The van der Waals surface area contributed by atoms with Gasteiger partial charge in [0.15, 0.2) is 9.79 Å². The molecular formula is C21H16BrF3N2O3S. The summed E-state index contributed by atoms with van der Waals surface area (Å²) >= 11 is 1.50. The lowest BCUT2D eigenvalue weighted by atomic mass is 10.1. The SMILES string of the molecule is CNC(=O)c1cc([S+]([O-])c2ccc(Br)cc2)c(C)n(-c2cccc(C(F)(F)F)c2)c1=O. The molecule has 1 atom stereocenters. The van der Waals surface area contributed by atoms with E-state index in [1.54, 1.807) is 24.3 Å². The second-order valence-corrected chi connectivity index (χ2v) is 8.86. The minimum absolute atomic E-state index is 0.0860. The van der Waals surface area contributed by atoms with E-state index in [2.05, 4.69) is 21.2 Å². The molecular weight excluding hydrogens is 497 g/mol. The molecule has 5 nitrogen and oxygen atoms in total. The Hall–Kier alpha value is -2.56. The Balaban J connectivity index is 2.29. The second kappa shape index (κ2) is 8.89. The van der Waals surface area contributed by atoms with Gasteiger partial charge in [-0.25, -0.2) is 0 Å². The van der Waals surface area contributed by atoms with Gasteiger partial charge in [-0.05, 0) is 49.4 Å². The topological polar surface area (TPSA) is 74.2 Å². The summed E-state index contributed by atoms with van der Waals surface area (Å²) in [6.07, 6.45) is -4.62. The number of benzene rings is 2. The lowest BCUT2D eigenvalue weighted by molar-refractivity contribution is -0.137. The molecule has 10 heteroatoms. The van der Waals surface area contributed by atoms with Gasteiger partial charge in [-0.1, -0.05) is 22.0 Å². The zero-order chi connectivity index (χ0) is 22.9. The first kappa shape index (κ1) is 23.1. The highest BCUT2D eigenvalue weighted by atomic mass is 79.9. The number of nitrogens with one attached hydrogen (secondary N) is 1. The molecule has 1 heterocycles. The minimum atomic E-state index is -4.62. The van der Waals surface area contributed by atoms with Gasteiger partial charge in [0.05, 0.1) is 11.3 Å². The normalized spacial score (nSPS) is 12.5. The molecule has 3 rings (SSSR count). The fraction of sp³-hybridized carbons (Fsp3) is 0.143. The first-order valence-electron chi connectivity index (χ1n) is 8.88. The standard InChI is InChI=1S/C21H16BrF3N2O3S/c1-12-18(31(30)16-8-6-14(22)7-9-16)11-17(19(28)26-2)20(29)27(12)15-5-3-4-13(10-15)21(23,24)25/h3-11H,1-2H3,(H,26,28). The number of rotatable bonds is 4. The van der Waals surface area contributed by atoms with Gasteiger partial charge in [0.1, 0.15) is 5.56 Å². The van der Waals surface area contributed by atoms with Crippen molar-refractivity contribution < 1.29 is 22.5 Å². The van der Waals surface area contributed by atoms with Crippen LogP contribution in [-0.2, 0) is 17.4 Å². The summed E-state index contributed by atoms with van der Waals surface area (Å²) in [5, 5.41) is 2.33. The fourth-order valence-corrected chi connectivity index (χ4v) is 4.47. The average Bonchev–Trinajstić information content (AvgIpc) is 2.73. The number of alkyl halides is 3. The predicted octanol–water partition coefficient (Wildman–Crippen LogP) is 4.45. The summed E-state index contributed by atoms with van der Waals surface area (Å²) in [6, 6.07) is 12.0. The van der Waals surface area contributed by atoms with Crippen molar-refractivity contribution in [1.29, 1.82) is 0 Å². The molecule has 0 fully saturated rings. The van der Waals surface area contributed by atoms with Gasteiger partial charge in [-0.2, -0.15) is 13.2 Å². The smallest absolute Gasteiger partial charge is 0.416 e. The number of amides is 1. The van der Waals surface area contributed by atoms with Gasteiger partial charge in [-0.15, -0.1) is 0 Å². The molecule has 162 valence electrons. The van der Waals surface area contributed by atoms with Gasteiger partial charge in [0, 0.05) is 34.4 Å². The van der Waals surface area contributed by atoms with Crippen molar-refractivity contribution in [2.24, 2.45) is 0 Å². The third kappa shape index (κ3) is 4.70. The van der Waals surface area contributed by atoms with Crippen LogP contribution in [0.5, 0.6) is 0 Å². The molecule has 1 aromatic heterocycles. The number of pyridine rings is 1. The van der Waals surface area contributed by atoms with Crippen LogP contribution in [0, 0.1) is 6.92 Å². The molecule has 0 saturated heterocycles. The molecule has 0 bridgehead atoms. The first-order valence-corrected chi connectivity index (χ1v) is 10.8. The maximum atomic E-state index is 13.2. The Morgan fingerprint density at radius 3 is 2.35 bits per heavy atom. The molecule has 2 aromatic carbocycles. The van der Waals surface area contributed by atoms with E-state index in [9.17, 15) is 27.3 Å². The number of hydrogen-bond acceptors (Lipinski definition) is 3. The van der Waals surface area contributed by atoms with Crippen molar-refractivity contribution in [1.82, 2.24) is 9.88 Å². The molecule has 31 heavy (non-hydrogen) atoms. The summed E-state index contributed by atoms with van der Waals surface area (Å²) in [4.78, 5) is 25.9. The van der Waals surface area contributed by atoms with Crippen molar-refractivity contribution in [2.45, 2.75) is 22.9 Å². The molecule has 0 aliphatic rings. The Kier molecular flexibility index (Phi) is 6.63. The van der Waals surface area contributed by atoms with E-state index in [-0.39, 0.29) is 21.8 Å². The zero-order valence-electron chi connectivity index (χ0n) is 16.3. The summed E-state index contributed by atoms with van der Waals surface area (Å²) in [5.74, 6) is -0.736. The maximum Gasteiger partial charge on any atom is 0.416 e. The zero-order valence-corrected chi connectivity index (χ0v) is 18.7. The van der Waals surface area contributed by atoms with Gasteiger partial charge in [0.2, 0.25) is 0 Å². The largest absolute Gasteiger partial charge is 0.606 e. The van der Waals surface area contributed by atoms with Crippen LogP contribution < -0.4 is 10.9 Å². The van der Waals surface area contributed by atoms with Crippen molar-refractivity contribution in [2.75, 3.05) is 7.05 Å². The lowest BCUT2D eigenvalue weighted by Gasteiger charge is -2.18. The molecule has 0 radical (unpaired) electrons. The summed E-state index contributed by atoms with van der Waals surface area (Å²) in [6.45, 7) is 1.47. The first-order chi connectivity index (χ1) is 14.5.